The Balaban J connectivity index is 1.89. The van der Waals surface area contributed by atoms with Gasteiger partial charge < -0.3 is 5.11 Å². The van der Waals surface area contributed by atoms with E-state index in [0.29, 0.717) is 12.8 Å². The Bertz CT molecular complexity index is 560. The molecule has 0 saturated heterocycles. The van der Waals surface area contributed by atoms with E-state index in [-0.39, 0.29) is 24.0 Å². The number of nitrogens with one attached hydrogen (secondary N) is 1. The summed E-state index contributed by atoms with van der Waals surface area (Å²) in [6.45, 7) is 2.26. The Morgan fingerprint density at radius 2 is 1.34 bits per heavy atom. The molecular weight excluding hydrogens is 382 g/mol. The first-order valence-electron chi connectivity index (χ1n) is 11.3. The minimum Gasteiger partial charge on any atom is -0.508 e. The van der Waals surface area contributed by atoms with Gasteiger partial charge >= 0.3 is 0 Å². The lowest BCUT2D eigenvalue weighted by Crippen LogP contribution is -2.30. The maximum Gasteiger partial charge on any atom is 0.227 e. The lowest BCUT2D eigenvalue weighted by atomic mass is 10.1. The number of aromatic hydroxyl groups is 1. The van der Waals surface area contributed by atoms with Crippen molar-refractivity contribution in [1.29, 1.82) is 0 Å². The number of rotatable bonds is 17. The molecule has 0 saturated carbocycles. The second-order valence-electron chi connectivity index (χ2n) is 7.68. The maximum absolute atomic E-state index is 11.8. The fourth-order valence-corrected chi connectivity index (χ4v) is 4.10. The van der Waals surface area contributed by atoms with Crippen LogP contribution in [0, 0.1) is 0 Å². The van der Waals surface area contributed by atoms with Gasteiger partial charge in [-0.25, -0.2) is 0 Å². The monoisotopic (exact) mass is 421 g/mol. The molecular formula is C24H39NO3S. The second-order valence-corrected chi connectivity index (χ2v) is 8.91. The minimum absolute atomic E-state index is 0.184. The standard InChI is InChI=1S/C24H39NO3S/c1-2-3-4-5-6-7-8-9-10-11-19-29-20-18-24(28)25-23(27)17-14-21-12-15-22(26)16-13-21/h12-13,15-16,26H,2-11,14,17-20H2,1H3,(H,25,27,28). The van der Waals surface area contributed by atoms with Crippen LogP contribution in [0.3, 0.4) is 0 Å². The maximum atomic E-state index is 11.8. The molecule has 0 aliphatic heterocycles. The van der Waals surface area contributed by atoms with Crippen LogP contribution in [0.4, 0.5) is 0 Å². The van der Waals surface area contributed by atoms with Crippen LogP contribution in [0.2, 0.25) is 0 Å². The quantitative estimate of drug-likeness (QED) is 0.302. The van der Waals surface area contributed by atoms with E-state index in [0.717, 1.165) is 17.1 Å². The zero-order valence-corrected chi connectivity index (χ0v) is 18.9. The predicted molar refractivity (Wildman–Crippen MR) is 123 cm³/mol. The smallest absolute Gasteiger partial charge is 0.227 e. The van der Waals surface area contributed by atoms with Crippen LogP contribution in [-0.2, 0) is 16.0 Å². The minimum atomic E-state index is -0.234. The molecule has 29 heavy (non-hydrogen) atoms. The molecule has 1 rings (SSSR count). The molecule has 5 heteroatoms. The lowest BCUT2D eigenvalue weighted by molar-refractivity contribution is -0.130. The van der Waals surface area contributed by atoms with Gasteiger partial charge in [-0.2, -0.15) is 11.8 Å². The average Bonchev–Trinajstić information content (AvgIpc) is 2.71. The molecule has 0 heterocycles. The first-order chi connectivity index (χ1) is 14.1. The Labute approximate surface area is 181 Å². The number of amides is 2. The number of hydrogen-bond acceptors (Lipinski definition) is 4. The highest BCUT2D eigenvalue weighted by Crippen LogP contribution is 2.13. The van der Waals surface area contributed by atoms with Gasteiger partial charge in [0, 0.05) is 18.6 Å². The predicted octanol–water partition coefficient (Wildman–Crippen LogP) is 6.01. The summed E-state index contributed by atoms with van der Waals surface area (Å²) in [5.41, 5.74) is 0.970. The van der Waals surface area contributed by atoms with Crippen molar-refractivity contribution in [3.63, 3.8) is 0 Å². The summed E-state index contributed by atoms with van der Waals surface area (Å²) in [5, 5.41) is 11.7. The molecule has 1 aromatic rings. The molecule has 164 valence electrons. The van der Waals surface area contributed by atoms with Gasteiger partial charge in [0.1, 0.15) is 5.75 Å². The van der Waals surface area contributed by atoms with E-state index >= 15 is 0 Å². The van der Waals surface area contributed by atoms with Gasteiger partial charge in [-0.3, -0.25) is 14.9 Å². The van der Waals surface area contributed by atoms with Crippen molar-refractivity contribution in [2.75, 3.05) is 11.5 Å². The number of phenolic OH excluding ortho intramolecular Hbond substituents is 1. The SMILES string of the molecule is CCCCCCCCCCCCSCCC(=O)NC(=O)CCc1ccc(O)cc1. The summed E-state index contributed by atoms with van der Waals surface area (Å²) in [6, 6.07) is 6.78. The van der Waals surface area contributed by atoms with E-state index in [1.807, 2.05) is 0 Å². The molecule has 0 aliphatic carbocycles. The number of carbonyl (C=O) groups is 2. The van der Waals surface area contributed by atoms with Crippen molar-refractivity contribution in [3.05, 3.63) is 29.8 Å². The number of aryl methyl sites for hydroxylation is 1. The molecule has 0 unspecified atom stereocenters. The van der Waals surface area contributed by atoms with E-state index in [4.69, 9.17) is 0 Å². The van der Waals surface area contributed by atoms with E-state index in [9.17, 15) is 14.7 Å². The Hall–Kier alpha value is -1.49. The number of unbranched alkanes of at least 4 members (excludes halogenated alkanes) is 9. The van der Waals surface area contributed by atoms with Gasteiger partial charge in [-0.1, -0.05) is 76.8 Å². The molecule has 0 radical (unpaired) electrons. The number of hydrogen-bond donors (Lipinski definition) is 2. The van der Waals surface area contributed by atoms with Crippen LogP contribution in [-0.4, -0.2) is 28.4 Å². The van der Waals surface area contributed by atoms with Crippen LogP contribution in [0.1, 0.15) is 89.5 Å². The zero-order chi connectivity index (χ0) is 21.2. The van der Waals surface area contributed by atoms with Gasteiger partial charge in [0.15, 0.2) is 0 Å². The molecule has 4 nitrogen and oxygen atoms in total. The number of phenols is 1. The number of carbonyl (C=O) groups excluding carboxylic acids is 2. The summed E-state index contributed by atoms with van der Waals surface area (Å²) in [7, 11) is 0. The fraction of sp³-hybridized carbons (Fsp3) is 0.667. The molecule has 0 spiro atoms. The Morgan fingerprint density at radius 3 is 1.97 bits per heavy atom. The van der Waals surface area contributed by atoms with Gasteiger partial charge in [0.05, 0.1) is 0 Å². The van der Waals surface area contributed by atoms with Crippen molar-refractivity contribution < 1.29 is 14.7 Å². The van der Waals surface area contributed by atoms with E-state index in [2.05, 4.69) is 12.2 Å². The zero-order valence-electron chi connectivity index (χ0n) is 18.1. The summed E-state index contributed by atoms with van der Waals surface area (Å²) >= 11 is 1.80. The normalized spacial score (nSPS) is 10.8. The summed E-state index contributed by atoms with van der Waals surface area (Å²) in [4.78, 5) is 23.7. The van der Waals surface area contributed by atoms with Crippen molar-refractivity contribution in [3.8, 4) is 5.75 Å². The van der Waals surface area contributed by atoms with Crippen molar-refractivity contribution >= 4 is 23.6 Å². The van der Waals surface area contributed by atoms with Crippen LogP contribution in [0.25, 0.3) is 0 Å². The topological polar surface area (TPSA) is 66.4 Å². The molecule has 0 aromatic heterocycles. The first-order valence-corrected chi connectivity index (χ1v) is 12.5. The van der Waals surface area contributed by atoms with Gasteiger partial charge in [-0.15, -0.1) is 0 Å². The van der Waals surface area contributed by atoms with Crippen molar-refractivity contribution in [2.45, 2.75) is 90.4 Å². The van der Waals surface area contributed by atoms with Crippen molar-refractivity contribution in [1.82, 2.24) is 5.32 Å². The number of benzene rings is 1. The van der Waals surface area contributed by atoms with Gasteiger partial charge in [-0.05, 0) is 36.3 Å². The highest BCUT2D eigenvalue weighted by atomic mass is 32.2. The largest absolute Gasteiger partial charge is 0.508 e. The number of imide groups is 1. The van der Waals surface area contributed by atoms with Gasteiger partial charge in [0.2, 0.25) is 11.8 Å². The van der Waals surface area contributed by atoms with Gasteiger partial charge in [0.25, 0.3) is 0 Å². The van der Waals surface area contributed by atoms with Crippen LogP contribution >= 0.6 is 11.8 Å². The van der Waals surface area contributed by atoms with E-state index in [1.54, 1.807) is 36.0 Å². The Morgan fingerprint density at radius 1 is 0.793 bits per heavy atom. The molecule has 2 N–H and O–H groups in total. The Kier molecular flexibility index (Phi) is 15.3. The second kappa shape index (κ2) is 17.4. The van der Waals surface area contributed by atoms with E-state index in [1.165, 1.54) is 64.2 Å². The van der Waals surface area contributed by atoms with E-state index < -0.39 is 0 Å². The van der Waals surface area contributed by atoms with Crippen LogP contribution < -0.4 is 5.32 Å². The summed E-state index contributed by atoms with van der Waals surface area (Å²) in [5.74, 6) is 1.66. The highest BCUT2D eigenvalue weighted by molar-refractivity contribution is 7.99. The summed E-state index contributed by atoms with van der Waals surface area (Å²) in [6.07, 6.45) is 14.7. The summed E-state index contributed by atoms with van der Waals surface area (Å²) < 4.78 is 0. The van der Waals surface area contributed by atoms with Crippen LogP contribution in [0.5, 0.6) is 5.75 Å². The molecule has 2 amide bonds. The third-order valence-corrected chi connectivity index (χ3v) is 6.04. The molecule has 0 bridgehead atoms. The third-order valence-electron chi connectivity index (χ3n) is 4.97. The molecule has 1 aromatic carbocycles. The average molecular weight is 422 g/mol. The molecule has 0 fully saturated rings. The molecule has 0 aliphatic rings. The third kappa shape index (κ3) is 15.1. The van der Waals surface area contributed by atoms with Crippen LogP contribution in [0.15, 0.2) is 24.3 Å². The molecule has 0 atom stereocenters. The van der Waals surface area contributed by atoms with Crippen molar-refractivity contribution in [2.24, 2.45) is 0 Å². The number of thioether (sulfide) groups is 1. The highest BCUT2D eigenvalue weighted by Gasteiger charge is 2.08. The lowest BCUT2D eigenvalue weighted by Gasteiger charge is -2.05. The first kappa shape index (κ1) is 25.5. The fourth-order valence-electron chi connectivity index (χ4n) is 3.16.